The Labute approximate surface area is 130 Å². The van der Waals surface area contributed by atoms with Gasteiger partial charge in [0.1, 0.15) is 11.5 Å². The molecule has 2 aromatic carbocycles. The molecule has 0 aromatic heterocycles. The summed E-state index contributed by atoms with van der Waals surface area (Å²) in [6.45, 7) is 0. The van der Waals surface area contributed by atoms with Crippen LogP contribution in [0, 0.1) is 0 Å². The molecule has 0 aliphatic rings. The average Bonchev–Trinajstić information content (AvgIpc) is 2.47. The van der Waals surface area contributed by atoms with Crippen molar-refractivity contribution in [2.24, 2.45) is 0 Å². The van der Waals surface area contributed by atoms with Crippen molar-refractivity contribution in [2.75, 3.05) is 0 Å². The molecule has 0 heterocycles. The SMILES string of the molecule is O=C(O)c1ccc(OP(=O)(O)Oc2ccc(C(=O)O)cc2)cc1. The summed E-state index contributed by atoms with van der Waals surface area (Å²) in [5.41, 5.74) is -0.00870. The molecule has 0 unspecified atom stereocenters. The van der Waals surface area contributed by atoms with Gasteiger partial charge in [-0.1, -0.05) is 0 Å². The quantitative estimate of drug-likeness (QED) is 0.685. The number of carboxylic acid groups (broad SMARTS) is 2. The Morgan fingerprint density at radius 1 is 0.739 bits per heavy atom. The summed E-state index contributed by atoms with van der Waals surface area (Å²) in [7, 11) is -4.51. The highest BCUT2D eigenvalue weighted by Crippen LogP contribution is 2.44. The van der Waals surface area contributed by atoms with E-state index in [4.69, 9.17) is 19.3 Å². The van der Waals surface area contributed by atoms with Gasteiger partial charge in [-0.15, -0.1) is 0 Å². The van der Waals surface area contributed by atoms with E-state index in [9.17, 15) is 19.0 Å². The molecule has 2 aromatic rings. The second-order valence-electron chi connectivity index (χ2n) is 4.31. The predicted octanol–water partition coefficient (Wildman–Crippen LogP) is 2.64. The van der Waals surface area contributed by atoms with Crippen LogP contribution in [0.2, 0.25) is 0 Å². The molecule has 0 spiro atoms. The summed E-state index contributed by atoms with van der Waals surface area (Å²) >= 11 is 0. The monoisotopic (exact) mass is 338 g/mol. The highest BCUT2D eigenvalue weighted by Gasteiger charge is 2.25. The van der Waals surface area contributed by atoms with E-state index in [1.165, 1.54) is 48.5 Å². The van der Waals surface area contributed by atoms with Gasteiger partial charge in [0.2, 0.25) is 0 Å². The number of hydrogen-bond acceptors (Lipinski definition) is 5. The largest absolute Gasteiger partial charge is 0.584 e. The van der Waals surface area contributed by atoms with Crippen molar-refractivity contribution in [1.29, 1.82) is 0 Å². The van der Waals surface area contributed by atoms with Gasteiger partial charge in [0.25, 0.3) is 0 Å². The third kappa shape index (κ3) is 4.57. The van der Waals surface area contributed by atoms with Gasteiger partial charge in [0, 0.05) is 0 Å². The van der Waals surface area contributed by atoms with Crippen molar-refractivity contribution in [1.82, 2.24) is 0 Å². The number of rotatable bonds is 6. The molecule has 0 radical (unpaired) electrons. The lowest BCUT2D eigenvalue weighted by Gasteiger charge is -2.13. The number of phosphoric ester groups is 1. The maximum atomic E-state index is 11.9. The first-order valence-electron chi connectivity index (χ1n) is 6.15. The Bertz CT molecular complexity index is 703. The second-order valence-corrected chi connectivity index (χ2v) is 5.61. The molecule has 3 N–H and O–H groups in total. The molecule has 0 saturated heterocycles. The Morgan fingerprint density at radius 3 is 1.30 bits per heavy atom. The molecular formula is C14H11O8P. The molecule has 0 aliphatic heterocycles. The van der Waals surface area contributed by atoms with Crippen LogP contribution in [0.25, 0.3) is 0 Å². The predicted molar refractivity (Wildman–Crippen MR) is 77.9 cm³/mol. The Morgan fingerprint density at radius 2 is 1.04 bits per heavy atom. The van der Waals surface area contributed by atoms with Crippen LogP contribution >= 0.6 is 7.82 Å². The van der Waals surface area contributed by atoms with Crippen LogP contribution in [-0.2, 0) is 4.57 Å². The summed E-state index contributed by atoms with van der Waals surface area (Å²) in [5, 5.41) is 17.5. The summed E-state index contributed by atoms with van der Waals surface area (Å²) in [6, 6.07) is 9.68. The van der Waals surface area contributed by atoms with Crippen LogP contribution in [0.1, 0.15) is 20.7 Å². The van der Waals surface area contributed by atoms with Crippen molar-refractivity contribution in [3.8, 4) is 11.5 Å². The average molecular weight is 338 g/mol. The van der Waals surface area contributed by atoms with Crippen LogP contribution in [0.5, 0.6) is 11.5 Å². The lowest BCUT2D eigenvalue weighted by atomic mass is 10.2. The van der Waals surface area contributed by atoms with Crippen molar-refractivity contribution in [2.45, 2.75) is 0 Å². The van der Waals surface area contributed by atoms with Gasteiger partial charge in [-0.3, -0.25) is 4.89 Å². The minimum Gasteiger partial charge on any atom is -0.478 e. The molecule has 0 bridgehead atoms. The summed E-state index contributed by atoms with van der Waals surface area (Å²) in [4.78, 5) is 31.1. The van der Waals surface area contributed by atoms with E-state index >= 15 is 0 Å². The lowest BCUT2D eigenvalue weighted by molar-refractivity contribution is 0.0686. The number of hydrogen-bond donors (Lipinski definition) is 3. The molecule has 0 saturated carbocycles. The van der Waals surface area contributed by atoms with E-state index < -0.39 is 19.8 Å². The lowest BCUT2D eigenvalue weighted by Crippen LogP contribution is -2.01. The highest BCUT2D eigenvalue weighted by molar-refractivity contribution is 7.48. The van der Waals surface area contributed by atoms with Crippen LogP contribution in [0.4, 0.5) is 0 Å². The Balaban J connectivity index is 2.07. The fraction of sp³-hybridized carbons (Fsp3) is 0. The second kappa shape index (κ2) is 6.51. The third-order valence-corrected chi connectivity index (χ3v) is 3.53. The number of carboxylic acids is 2. The van der Waals surface area contributed by atoms with Crippen molar-refractivity contribution in [3.05, 3.63) is 59.7 Å². The molecule has 9 heteroatoms. The van der Waals surface area contributed by atoms with Crippen LogP contribution in [0.3, 0.4) is 0 Å². The Hall–Kier alpha value is -2.83. The van der Waals surface area contributed by atoms with Crippen LogP contribution in [0.15, 0.2) is 48.5 Å². The zero-order valence-electron chi connectivity index (χ0n) is 11.4. The van der Waals surface area contributed by atoms with Crippen LogP contribution < -0.4 is 9.05 Å². The van der Waals surface area contributed by atoms with E-state index in [-0.39, 0.29) is 22.6 Å². The van der Waals surface area contributed by atoms with Crippen molar-refractivity contribution >= 4 is 19.8 Å². The first kappa shape index (κ1) is 16.5. The summed E-state index contributed by atoms with van der Waals surface area (Å²) in [6.07, 6.45) is 0. The van der Waals surface area contributed by atoms with Gasteiger partial charge in [0.15, 0.2) is 0 Å². The van der Waals surface area contributed by atoms with Gasteiger partial charge in [0.05, 0.1) is 11.1 Å². The minimum atomic E-state index is -4.51. The summed E-state index contributed by atoms with van der Waals surface area (Å²) in [5.74, 6) is -2.39. The number of phosphoric acid groups is 1. The van der Waals surface area contributed by atoms with Crippen LogP contribution in [-0.4, -0.2) is 27.0 Å². The van der Waals surface area contributed by atoms with Gasteiger partial charge >= 0.3 is 19.8 Å². The molecule has 120 valence electrons. The topological polar surface area (TPSA) is 130 Å². The fourth-order valence-electron chi connectivity index (χ4n) is 1.60. The first-order chi connectivity index (χ1) is 10.8. The standard InChI is InChI=1S/C14H11O8P/c15-13(16)9-1-5-11(6-2-9)21-23(19,20)22-12-7-3-10(4-8-12)14(17)18/h1-8H,(H,15,16)(H,17,18)(H,19,20). The molecule has 23 heavy (non-hydrogen) atoms. The molecule has 0 amide bonds. The van der Waals surface area contributed by atoms with E-state index in [1.807, 2.05) is 0 Å². The molecule has 8 nitrogen and oxygen atoms in total. The van der Waals surface area contributed by atoms with Crippen molar-refractivity contribution < 1.29 is 38.3 Å². The molecule has 0 aliphatic carbocycles. The number of carbonyl (C=O) groups is 2. The first-order valence-corrected chi connectivity index (χ1v) is 7.65. The molecule has 0 fully saturated rings. The van der Waals surface area contributed by atoms with Gasteiger partial charge in [-0.05, 0) is 48.5 Å². The maximum absolute atomic E-state index is 11.9. The van der Waals surface area contributed by atoms with Gasteiger partial charge < -0.3 is 19.3 Å². The fourth-order valence-corrected chi connectivity index (χ4v) is 2.42. The number of aromatic carboxylic acids is 2. The molecule has 2 rings (SSSR count). The summed E-state index contributed by atoms with van der Waals surface area (Å²) < 4.78 is 21.5. The van der Waals surface area contributed by atoms with E-state index in [2.05, 4.69) is 0 Å². The van der Waals surface area contributed by atoms with E-state index in [0.29, 0.717) is 0 Å². The zero-order chi connectivity index (χ0) is 17.0. The normalized spacial score (nSPS) is 10.8. The van der Waals surface area contributed by atoms with E-state index in [1.54, 1.807) is 0 Å². The van der Waals surface area contributed by atoms with Gasteiger partial charge in [-0.25, -0.2) is 14.2 Å². The maximum Gasteiger partial charge on any atom is 0.584 e. The van der Waals surface area contributed by atoms with E-state index in [0.717, 1.165) is 0 Å². The molecule has 0 atom stereocenters. The molecular weight excluding hydrogens is 327 g/mol. The van der Waals surface area contributed by atoms with Gasteiger partial charge in [-0.2, -0.15) is 0 Å². The number of benzene rings is 2. The smallest absolute Gasteiger partial charge is 0.478 e. The highest BCUT2D eigenvalue weighted by atomic mass is 31.2. The van der Waals surface area contributed by atoms with Crippen molar-refractivity contribution in [3.63, 3.8) is 0 Å². The Kier molecular flexibility index (Phi) is 4.68. The zero-order valence-corrected chi connectivity index (χ0v) is 12.3. The minimum absolute atomic E-state index is 0.00435. The third-order valence-electron chi connectivity index (χ3n) is 2.64.